The first kappa shape index (κ1) is 11.2. The second kappa shape index (κ2) is 3.61. The summed E-state index contributed by atoms with van der Waals surface area (Å²) < 4.78 is 0. The molecule has 4 nitrogen and oxygen atoms in total. The van der Waals surface area contributed by atoms with Crippen molar-refractivity contribution < 1.29 is 19.9 Å². The lowest BCUT2D eigenvalue weighted by molar-refractivity contribution is -0.140. The Morgan fingerprint density at radius 1 is 1.38 bits per heavy atom. The first-order chi connectivity index (χ1) is 7.47. The third-order valence-corrected chi connectivity index (χ3v) is 3.26. The van der Waals surface area contributed by atoms with Crippen LogP contribution >= 0.6 is 0 Å². The third kappa shape index (κ3) is 1.62. The zero-order valence-corrected chi connectivity index (χ0v) is 8.97. The number of carbonyl (C=O) groups is 1. The molecule has 0 atom stereocenters. The Balaban J connectivity index is 2.39. The van der Waals surface area contributed by atoms with Crippen LogP contribution in [0, 0.1) is 6.92 Å². The van der Waals surface area contributed by atoms with Gasteiger partial charge in [0.15, 0.2) is 0 Å². The van der Waals surface area contributed by atoms with Crippen LogP contribution in [0.2, 0.25) is 0 Å². The number of benzene rings is 1. The van der Waals surface area contributed by atoms with Crippen LogP contribution in [0.1, 0.15) is 24.0 Å². The largest absolute Gasteiger partial charge is 0.488 e. The maximum Gasteiger partial charge on any atom is 0.488 e. The Morgan fingerprint density at radius 2 is 2.00 bits per heavy atom. The molecule has 0 aromatic heterocycles. The molecule has 3 N–H and O–H groups in total. The van der Waals surface area contributed by atoms with Crippen molar-refractivity contribution in [3.8, 4) is 0 Å². The lowest BCUT2D eigenvalue weighted by atomic mass is 9.76. The van der Waals surface area contributed by atoms with Crippen molar-refractivity contribution in [2.45, 2.75) is 25.2 Å². The molecule has 1 aliphatic rings. The van der Waals surface area contributed by atoms with Crippen LogP contribution in [0.15, 0.2) is 18.2 Å². The second-order valence-electron chi connectivity index (χ2n) is 4.33. The van der Waals surface area contributed by atoms with Gasteiger partial charge in [0.1, 0.15) is 0 Å². The molecule has 0 saturated heterocycles. The van der Waals surface area contributed by atoms with E-state index in [4.69, 9.17) is 15.2 Å². The van der Waals surface area contributed by atoms with Crippen LogP contribution in [0.5, 0.6) is 0 Å². The van der Waals surface area contributed by atoms with Gasteiger partial charge in [0.05, 0.1) is 5.41 Å². The standard InChI is InChI=1S/C11H13BO4/c1-7-6-8(2-3-9(7)12(15)16)11(4-5-11)10(13)14/h2-3,6,15-16H,4-5H2,1H3,(H,13,14). The van der Waals surface area contributed by atoms with Gasteiger partial charge in [-0.05, 0) is 30.8 Å². The Kier molecular flexibility index (Phi) is 2.52. The minimum absolute atomic E-state index is 0.421. The van der Waals surface area contributed by atoms with Crippen LogP contribution in [0.3, 0.4) is 0 Å². The number of carboxylic acids is 1. The predicted octanol–water partition coefficient (Wildman–Crippen LogP) is -0.209. The molecular formula is C11H13BO4. The Morgan fingerprint density at radius 3 is 2.38 bits per heavy atom. The summed E-state index contributed by atoms with van der Waals surface area (Å²) in [7, 11) is -1.51. The molecule has 1 aliphatic carbocycles. The smallest absolute Gasteiger partial charge is 0.481 e. The average molecular weight is 220 g/mol. The van der Waals surface area contributed by atoms with Gasteiger partial charge in [-0.1, -0.05) is 23.8 Å². The molecule has 1 aromatic rings. The van der Waals surface area contributed by atoms with Crippen molar-refractivity contribution in [1.29, 1.82) is 0 Å². The van der Waals surface area contributed by atoms with E-state index in [9.17, 15) is 4.79 Å². The van der Waals surface area contributed by atoms with Gasteiger partial charge in [-0.15, -0.1) is 0 Å². The Labute approximate surface area is 93.7 Å². The van der Waals surface area contributed by atoms with Gasteiger partial charge in [-0.2, -0.15) is 0 Å². The number of aryl methyl sites for hydroxylation is 1. The molecule has 16 heavy (non-hydrogen) atoms. The number of hydrogen-bond donors (Lipinski definition) is 3. The van der Waals surface area contributed by atoms with Gasteiger partial charge in [-0.3, -0.25) is 4.79 Å². The average Bonchev–Trinajstić information content (AvgIpc) is 2.97. The summed E-state index contributed by atoms with van der Waals surface area (Å²) in [6.45, 7) is 1.75. The van der Waals surface area contributed by atoms with E-state index in [2.05, 4.69) is 0 Å². The lowest BCUT2D eigenvalue weighted by Crippen LogP contribution is -2.32. The predicted molar refractivity (Wildman–Crippen MR) is 59.6 cm³/mol. The monoisotopic (exact) mass is 220 g/mol. The van der Waals surface area contributed by atoms with E-state index in [1.807, 2.05) is 0 Å². The van der Waals surface area contributed by atoms with Crippen molar-refractivity contribution >= 4 is 18.6 Å². The highest BCUT2D eigenvalue weighted by molar-refractivity contribution is 6.59. The minimum atomic E-state index is -1.51. The first-order valence-corrected chi connectivity index (χ1v) is 5.18. The van der Waals surface area contributed by atoms with Crippen LogP contribution in [0.4, 0.5) is 0 Å². The quantitative estimate of drug-likeness (QED) is 0.616. The minimum Gasteiger partial charge on any atom is -0.481 e. The van der Waals surface area contributed by atoms with E-state index in [1.165, 1.54) is 0 Å². The fourth-order valence-corrected chi connectivity index (χ4v) is 2.01. The Bertz CT molecular complexity index is 438. The van der Waals surface area contributed by atoms with Crippen molar-refractivity contribution in [1.82, 2.24) is 0 Å². The van der Waals surface area contributed by atoms with E-state index < -0.39 is 18.5 Å². The van der Waals surface area contributed by atoms with Crippen LogP contribution < -0.4 is 5.46 Å². The summed E-state index contributed by atoms with van der Waals surface area (Å²) in [6, 6.07) is 4.98. The van der Waals surface area contributed by atoms with Crippen LogP contribution in [0.25, 0.3) is 0 Å². The van der Waals surface area contributed by atoms with E-state index in [0.29, 0.717) is 23.9 Å². The van der Waals surface area contributed by atoms with Crippen LogP contribution in [-0.4, -0.2) is 28.2 Å². The zero-order chi connectivity index (χ0) is 11.9. The highest BCUT2D eigenvalue weighted by Gasteiger charge is 2.51. The first-order valence-electron chi connectivity index (χ1n) is 5.18. The molecule has 0 bridgehead atoms. The van der Waals surface area contributed by atoms with Crippen molar-refractivity contribution in [2.75, 3.05) is 0 Å². The van der Waals surface area contributed by atoms with E-state index in [-0.39, 0.29) is 0 Å². The molecule has 0 aliphatic heterocycles. The fourth-order valence-electron chi connectivity index (χ4n) is 2.01. The van der Waals surface area contributed by atoms with E-state index in [1.54, 1.807) is 25.1 Å². The third-order valence-electron chi connectivity index (χ3n) is 3.26. The normalized spacial score (nSPS) is 16.9. The van der Waals surface area contributed by atoms with Gasteiger partial charge in [0.25, 0.3) is 0 Å². The molecule has 0 spiro atoms. The van der Waals surface area contributed by atoms with E-state index >= 15 is 0 Å². The molecule has 0 amide bonds. The summed E-state index contributed by atoms with van der Waals surface area (Å²) in [5.74, 6) is -0.802. The summed E-state index contributed by atoms with van der Waals surface area (Å²) in [5, 5.41) is 27.3. The molecule has 1 saturated carbocycles. The topological polar surface area (TPSA) is 77.8 Å². The fraction of sp³-hybridized carbons (Fsp3) is 0.364. The highest BCUT2D eigenvalue weighted by Crippen LogP contribution is 2.48. The van der Waals surface area contributed by atoms with Gasteiger partial charge in [0, 0.05) is 0 Å². The Hall–Kier alpha value is -1.33. The summed E-state index contributed by atoms with van der Waals surface area (Å²) in [6.07, 6.45) is 1.31. The molecule has 2 rings (SSSR count). The van der Waals surface area contributed by atoms with Crippen molar-refractivity contribution in [3.05, 3.63) is 29.3 Å². The highest BCUT2D eigenvalue weighted by atomic mass is 16.4. The number of carboxylic acid groups (broad SMARTS) is 1. The van der Waals surface area contributed by atoms with Crippen molar-refractivity contribution in [2.24, 2.45) is 0 Å². The van der Waals surface area contributed by atoms with Crippen LogP contribution in [-0.2, 0) is 10.2 Å². The molecule has 1 aromatic carbocycles. The van der Waals surface area contributed by atoms with Gasteiger partial charge in [0.2, 0.25) is 0 Å². The number of aliphatic carboxylic acids is 1. The molecule has 5 heteroatoms. The summed E-state index contributed by atoms with van der Waals surface area (Å²) in [4.78, 5) is 11.1. The molecule has 1 fully saturated rings. The van der Waals surface area contributed by atoms with E-state index in [0.717, 1.165) is 5.56 Å². The van der Waals surface area contributed by atoms with Gasteiger partial charge in [-0.25, -0.2) is 0 Å². The second-order valence-corrected chi connectivity index (χ2v) is 4.33. The maximum atomic E-state index is 11.1. The molecule has 0 unspecified atom stereocenters. The molecule has 0 heterocycles. The van der Waals surface area contributed by atoms with Gasteiger partial charge < -0.3 is 15.2 Å². The molecule has 0 radical (unpaired) electrons. The molecular weight excluding hydrogens is 207 g/mol. The SMILES string of the molecule is Cc1cc(C2(C(=O)O)CC2)ccc1B(O)O. The summed E-state index contributed by atoms with van der Waals surface area (Å²) >= 11 is 0. The zero-order valence-electron chi connectivity index (χ0n) is 8.97. The van der Waals surface area contributed by atoms with Gasteiger partial charge >= 0.3 is 13.1 Å². The lowest BCUT2D eigenvalue weighted by Gasteiger charge is -2.13. The van der Waals surface area contributed by atoms with Crippen molar-refractivity contribution in [3.63, 3.8) is 0 Å². The number of rotatable bonds is 3. The maximum absolute atomic E-state index is 11.1. The number of hydrogen-bond acceptors (Lipinski definition) is 3. The molecule has 84 valence electrons. The summed E-state index contributed by atoms with van der Waals surface area (Å²) in [5.41, 5.74) is 1.15.